The lowest BCUT2D eigenvalue weighted by molar-refractivity contribution is -0.391. The van der Waals surface area contributed by atoms with E-state index in [0.717, 1.165) is 25.8 Å². The van der Waals surface area contributed by atoms with Crippen LogP contribution >= 0.6 is 0 Å². The van der Waals surface area contributed by atoms with Crippen LogP contribution in [0.25, 0.3) is 0 Å². The van der Waals surface area contributed by atoms with Gasteiger partial charge in [-0.05, 0) is 73.5 Å². The molecule has 0 spiro atoms. The van der Waals surface area contributed by atoms with Crippen LogP contribution in [-0.4, -0.2) is 29.5 Å². The first-order chi connectivity index (χ1) is 10.9. The Kier molecular flexibility index (Phi) is 4.67. The smallest absolute Gasteiger partial charge is 0.0774 e. The molecule has 0 unspecified atom stereocenters. The van der Waals surface area contributed by atoms with Gasteiger partial charge in [0.1, 0.15) is 0 Å². The maximum Gasteiger partial charge on any atom is 0.0774 e. The van der Waals surface area contributed by atoms with Crippen LogP contribution in [0.2, 0.25) is 0 Å². The van der Waals surface area contributed by atoms with E-state index in [4.69, 9.17) is 0 Å². The van der Waals surface area contributed by atoms with Gasteiger partial charge in [0, 0.05) is 12.5 Å². The van der Waals surface area contributed by atoms with Crippen LogP contribution in [0, 0.1) is 34.5 Å². The summed E-state index contributed by atoms with van der Waals surface area (Å²) in [7, 11) is 0. The molecule has 0 aromatic heterocycles. The molecule has 3 saturated carbocycles. The minimum atomic E-state index is -0.224. The van der Waals surface area contributed by atoms with Crippen LogP contribution in [0.1, 0.15) is 58.8 Å². The first-order valence-corrected chi connectivity index (χ1v) is 9.63. The predicted octanol–water partition coefficient (Wildman–Crippen LogP) is 2.39. The number of hydrogen-bond acceptors (Lipinski definition) is 2. The van der Waals surface area contributed by atoms with Crippen molar-refractivity contribution in [2.75, 3.05) is 13.2 Å². The first kappa shape index (κ1) is 17.4. The number of aliphatic hydroxyl groups is 2. The van der Waals surface area contributed by atoms with Crippen LogP contribution in [0.3, 0.4) is 0 Å². The second-order valence-electron chi connectivity index (χ2n) is 9.08. The lowest BCUT2D eigenvalue weighted by Crippen LogP contribution is -2.61. The molecule has 0 amide bonds. The highest BCUT2D eigenvalue weighted by Crippen LogP contribution is 2.63. The van der Waals surface area contributed by atoms with E-state index in [1.165, 1.54) is 31.3 Å². The molecule has 3 nitrogen and oxygen atoms in total. The summed E-state index contributed by atoms with van der Waals surface area (Å²) in [5.74, 6) is 2.23. The van der Waals surface area contributed by atoms with E-state index in [2.05, 4.69) is 26.2 Å². The van der Waals surface area contributed by atoms with Gasteiger partial charge >= 0.3 is 0 Å². The number of rotatable bonds is 3. The zero-order chi connectivity index (χ0) is 16.8. The van der Waals surface area contributed by atoms with Crippen LogP contribution in [0.15, 0.2) is 12.2 Å². The summed E-state index contributed by atoms with van der Waals surface area (Å²) in [4.78, 5) is 0. The van der Waals surface area contributed by atoms with Crippen molar-refractivity contribution in [3.63, 3.8) is 0 Å². The van der Waals surface area contributed by atoms with E-state index >= 15 is 0 Å². The molecule has 3 rings (SSSR count). The summed E-state index contributed by atoms with van der Waals surface area (Å²) in [6, 6.07) is 0. The summed E-state index contributed by atoms with van der Waals surface area (Å²) < 4.78 is 0. The van der Waals surface area contributed by atoms with Gasteiger partial charge in [0.25, 0.3) is 0 Å². The standard InChI is InChI=1S/C20H35NO2/c1-13-4-5-17-16(11-21)18(7-9-19(13,17)2)20(3)8-6-15(23)10-14(20)12-22/h14-18,22-23H,1,4-12,21H2,2-3H3/p+1/t14-,15+,16+,17+,18+,19-,20+/m1/s1. The zero-order valence-electron chi connectivity index (χ0n) is 15.1. The van der Waals surface area contributed by atoms with E-state index in [0.29, 0.717) is 23.2 Å². The summed E-state index contributed by atoms with van der Waals surface area (Å²) in [5, 5.41) is 20.0. The fraction of sp³-hybridized carbons (Fsp3) is 0.900. The lowest BCUT2D eigenvalue weighted by Gasteiger charge is -2.55. The quantitative estimate of drug-likeness (QED) is 0.698. The molecule has 0 radical (unpaired) electrons. The summed E-state index contributed by atoms with van der Waals surface area (Å²) >= 11 is 0. The average molecular weight is 323 g/mol. The molecule has 3 fully saturated rings. The van der Waals surface area contributed by atoms with Crippen LogP contribution in [0.4, 0.5) is 0 Å². The maximum atomic E-state index is 10.1. The Morgan fingerprint density at radius 1 is 1.17 bits per heavy atom. The maximum absolute atomic E-state index is 10.1. The third kappa shape index (κ3) is 2.60. The normalized spacial score (nSPS) is 50.8. The zero-order valence-corrected chi connectivity index (χ0v) is 15.1. The third-order valence-electron chi connectivity index (χ3n) is 8.30. The van der Waals surface area contributed by atoms with Crippen molar-refractivity contribution in [3.8, 4) is 0 Å². The van der Waals surface area contributed by atoms with Crippen molar-refractivity contribution in [2.24, 2.45) is 34.5 Å². The van der Waals surface area contributed by atoms with Gasteiger partial charge in [-0.15, -0.1) is 0 Å². The third-order valence-corrected chi connectivity index (χ3v) is 8.30. The van der Waals surface area contributed by atoms with Gasteiger partial charge in [-0.2, -0.15) is 0 Å². The number of quaternary nitrogens is 1. The van der Waals surface area contributed by atoms with Gasteiger partial charge in [-0.1, -0.05) is 26.0 Å². The van der Waals surface area contributed by atoms with Crippen LogP contribution in [0.5, 0.6) is 0 Å². The number of aliphatic hydroxyl groups excluding tert-OH is 2. The number of allylic oxidation sites excluding steroid dienone is 1. The monoisotopic (exact) mass is 322 g/mol. The Hall–Kier alpha value is -0.380. The Morgan fingerprint density at radius 3 is 2.57 bits per heavy atom. The van der Waals surface area contributed by atoms with Crippen LogP contribution in [-0.2, 0) is 0 Å². The number of fused-ring (bicyclic) bond motifs is 1. The highest BCUT2D eigenvalue weighted by molar-refractivity contribution is 5.20. The van der Waals surface area contributed by atoms with Crippen molar-refractivity contribution in [2.45, 2.75) is 64.9 Å². The van der Waals surface area contributed by atoms with Gasteiger partial charge in [-0.3, -0.25) is 0 Å². The fourth-order valence-electron chi connectivity index (χ4n) is 6.58. The Morgan fingerprint density at radius 2 is 1.91 bits per heavy atom. The van der Waals surface area contributed by atoms with Gasteiger partial charge in [0.2, 0.25) is 0 Å². The Bertz CT molecular complexity index is 465. The molecular weight excluding hydrogens is 286 g/mol. The van der Waals surface area contributed by atoms with Crippen molar-refractivity contribution in [1.82, 2.24) is 0 Å². The van der Waals surface area contributed by atoms with Crippen molar-refractivity contribution >= 4 is 0 Å². The predicted molar refractivity (Wildman–Crippen MR) is 92.5 cm³/mol. The molecule has 0 heterocycles. The van der Waals surface area contributed by atoms with Crippen molar-refractivity contribution < 1.29 is 15.9 Å². The molecule has 0 bridgehead atoms. The molecule has 132 valence electrons. The molecular formula is C20H36NO2+. The van der Waals surface area contributed by atoms with Gasteiger partial charge in [0.15, 0.2) is 0 Å². The van der Waals surface area contributed by atoms with Crippen molar-refractivity contribution in [1.29, 1.82) is 0 Å². The molecule has 3 aliphatic carbocycles. The summed E-state index contributed by atoms with van der Waals surface area (Å²) in [5.41, 5.74) is 6.26. The Balaban J connectivity index is 1.89. The largest absolute Gasteiger partial charge is 0.396 e. The van der Waals surface area contributed by atoms with E-state index in [1.807, 2.05) is 0 Å². The minimum Gasteiger partial charge on any atom is -0.396 e. The second kappa shape index (κ2) is 6.16. The highest BCUT2D eigenvalue weighted by Gasteiger charge is 2.56. The van der Waals surface area contributed by atoms with E-state index < -0.39 is 0 Å². The van der Waals surface area contributed by atoms with Crippen molar-refractivity contribution in [3.05, 3.63) is 12.2 Å². The van der Waals surface area contributed by atoms with E-state index in [-0.39, 0.29) is 24.0 Å². The van der Waals surface area contributed by atoms with E-state index in [9.17, 15) is 10.2 Å². The van der Waals surface area contributed by atoms with Gasteiger partial charge < -0.3 is 15.9 Å². The second-order valence-corrected chi connectivity index (χ2v) is 9.08. The molecule has 0 aromatic carbocycles. The molecule has 7 atom stereocenters. The van der Waals surface area contributed by atoms with Gasteiger partial charge in [0.05, 0.1) is 12.6 Å². The first-order valence-electron chi connectivity index (χ1n) is 9.63. The summed E-state index contributed by atoms with van der Waals surface area (Å²) in [6.07, 6.45) is 7.41. The Labute approximate surface area is 141 Å². The molecule has 0 aliphatic heterocycles. The average Bonchev–Trinajstić information content (AvgIpc) is 2.84. The molecule has 0 saturated heterocycles. The number of hydrogen-bond donors (Lipinski definition) is 3. The molecule has 0 aromatic rings. The fourth-order valence-corrected chi connectivity index (χ4v) is 6.58. The molecule has 3 aliphatic rings. The topological polar surface area (TPSA) is 68.1 Å². The molecule has 5 N–H and O–H groups in total. The SMILES string of the molecule is C=C1CC[C@H]2[C@H](C[NH3+])[C@@H]([C@@]3(C)CC[C@H](O)C[C@@H]3CO)CC[C@]12C. The molecule has 23 heavy (non-hydrogen) atoms. The van der Waals surface area contributed by atoms with Crippen LogP contribution < -0.4 is 5.73 Å². The van der Waals surface area contributed by atoms with E-state index in [1.54, 1.807) is 0 Å². The molecule has 3 heteroatoms. The minimum absolute atomic E-state index is 0.154. The van der Waals surface area contributed by atoms with Gasteiger partial charge in [-0.25, -0.2) is 0 Å². The lowest BCUT2D eigenvalue weighted by atomic mass is 9.49. The highest BCUT2D eigenvalue weighted by atomic mass is 16.3. The summed E-state index contributed by atoms with van der Waals surface area (Å²) in [6.45, 7) is 10.4.